The average Bonchev–Trinajstić information content (AvgIpc) is 3.26. The van der Waals surface area contributed by atoms with Crippen molar-refractivity contribution in [1.82, 2.24) is 16.0 Å². The monoisotopic (exact) mass is 467 g/mol. The lowest BCUT2D eigenvalue weighted by Gasteiger charge is -2.23. The first-order valence-electron chi connectivity index (χ1n) is 11.1. The molecule has 3 N–H and O–H groups in total. The third-order valence-electron chi connectivity index (χ3n) is 5.59. The largest absolute Gasteiger partial charge is 0.467 e. The molecule has 2 aromatic rings. The van der Waals surface area contributed by atoms with Crippen molar-refractivity contribution in [3.63, 3.8) is 0 Å². The third kappa shape index (κ3) is 7.33. The van der Waals surface area contributed by atoms with Crippen molar-refractivity contribution in [1.29, 1.82) is 0 Å². The molecule has 0 saturated carbocycles. The number of alkyl carbamates (subject to hydrolysis) is 1. The fourth-order valence-electron chi connectivity index (χ4n) is 3.75. The van der Waals surface area contributed by atoms with Gasteiger partial charge in [0.2, 0.25) is 11.8 Å². The van der Waals surface area contributed by atoms with Crippen molar-refractivity contribution >= 4 is 23.9 Å². The number of methoxy groups -OCH3 is 1. The van der Waals surface area contributed by atoms with Crippen LogP contribution in [0.3, 0.4) is 0 Å². The van der Waals surface area contributed by atoms with Crippen molar-refractivity contribution in [2.75, 3.05) is 13.7 Å². The topological polar surface area (TPSA) is 123 Å². The number of esters is 1. The van der Waals surface area contributed by atoms with Crippen LogP contribution >= 0.6 is 0 Å². The van der Waals surface area contributed by atoms with Gasteiger partial charge in [0.15, 0.2) is 0 Å². The number of benzene rings is 2. The van der Waals surface area contributed by atoms with E-state index in [-0.39, 0.29) is 25.4 Å². The predicted molar refractivity (Wildman–Crippen MR) is 123 cm³/mol. The van der Waals surface area contributed by atoms with Gasteiger partial charge in [-0.3, -0.25) is 9.59 Å². The summed E-state index contributed by atoms with van der Waals surface area (Å²) in [5.74, 6) is -1.79. The van der Waals surface area contributed by atoms with Crippen LogP contribution in [-0.4, -0.2) is 49.6 Å². The highest BCUT2D eigenvalue weighted by Crippen LogP contribution is 2.17. The number of carbonyl (C=O) groups excluding carboxylic acids is 4. The molecule has 9 nitrogen and oxygen atoms in total. The summed E-state index contributed by atoms with van der Waals surface area (Å²) in [5, 5.41) is 7.96. The van der Waals surface area contributed by atoms with Crippen molar-refractivity contribution < 1.29 is 28.7 Å². The molecule has 3 amide bonds. The normalized spacial score (nSPS) is 16.6. The maximum absolute atomic E-state index is 13.2. The molecular formula is C25H29N3O6. The smallest absolute Gasteiger partial charge is 0.408 e. The van der Waals surface area contributed by atoms with E-state index in [0.717, 1.165) is 11.1 Å². The first kappa shape index (κ1) is 24.8. The van der Waals surface area contributed by atoms with Crippen LogP contribution in [0.2, 0.25) is 0 Å². The second kappa shape index (κ2) is 12.4. The molecule has 1 aliphatic heterocycles. The van der Waals surface area contributed by atoms with Gasteiger partial charge in [0.05, 0.1) is 7.11 Å². The summed E-state index contributed by atoms with van der Waals surface area (Å²) in [6.45, 7) is 0.574. The van der Waals surface area contributed by atoms with Gasteiger partial charge in [-0.1, -0.05) is 60.7 Å². The molecule has 3 rings (SSSR count). The van der Waals surface area contributed by atoms with Crippen molar-refractivity contribution in [3.05, 3.63) is 71.8 Å². The van der Waals surface area contributed by atoms with Gasteiger partial charge in [-0.2, -0.15) is 0 Å². The summed E-state index contributed by atoms with van der Waals surface area (Å²) in [6.07, 6.45) is 0.107. The Morgan fingerprint density at radius 3 is 2.21 bits per heavy atom. The van der Waals surface area contributed by atoms with E-state index in [0.29, 0.717) is 13.0 Å². The predicted octanol–water partition coefficient (Wildman–Crippen LogP) is 1.71. The highest BCUT2D eigenvalue weighted by Gasteiger charge is 2.33. The fourth-order valence-corrected chi connectivity index (χ4v) is 3.75. The van der Waals surface area contributed by atoms with E-state index in [2.05, 4.69) is 16.0 Å². The van der Waals surface area contributed by atoms with Crippen molar-refractivity contribution in [2.24, 2.45) is 5.92 Å². The number of hydrogen-bond donors (Lipinski definition) is 3. The van der Waals surface area contributed by atoms with Crippen LogP contribution in [0.15, 0.2) is 60.7 Å². The van der Waals surface area contributed by atoms with Gasteiger partial charge >= 0.3 is 12.1 Å². The van der Waals surface area contributed by atoms with Crippen LogP contribution in [0.5, 0.6) is 0 Å². The Kier molecular flexibility index (Phi) is 9.02. The van der Waals surface area contributed by atoms with Gasteiger partial charge in [-0.15, -0.1) is 0 Å². The summed E-state index contributed by atoms with van der Waals surface area (Å²) in [6, 6.07) is 16.3. The van der Waals surface area contributed by atoms with Crippen molar-refractivity contribution in [3.8, 4) is 0 Å². The maximum atomic E-state index is 13.2. The molecule has 180 valence electrons. The number of carbonyl (C=O) groups is 4. The fraction of sp³-hybridized carbons (Fsp3) is 0.360. The van der Waals surface area contributed by atoms with Gasteiger partial charge < -0.3 is 25.4 Å². The second-order valence-corrected chi connectivity index (χ2v) is 8.05. The standard InChI is InChI=1S/C25H29N3O6/c1-33-24(31)21(15-19-12-13-26-22(19)29)27-23(30)20(14-17-8-4-2-5-9-17)28-25(32)34-16-18-10-6-3-7-11-18/h2-11,19-21H,12-16H2,1H3,(H,26,29)(H,27,30)(H,28,32)/t19?,20-,21-/m0/s1. The molecule has 2 aromatic carbocycles. The third-order valence-corrected chi connectivity index (χ3v) is 5.59. The Morgan fingerprint density at radius 1 is 0.971 bits per heavy atom. The van der Waals surface area contributed by atoms with Crippen molar-refractivity contribution in [2.45, 2.75) is 38.0 Å². The van der Waals surface area contributed by atoms with Crippen LogP contribution in [0.25, 0.3) is 0 Å². The number of amides is 3. The van der Waals surface area contributed by atoms with E-state index in [1.165, 1.54) is 7.11 Å². The molecule has 0 radical (unpaired) electrons. The van der Waals surface area contributed by atoms with E-state index in [9.17, 15) is 19.2 Å². The molecule has 1 aliphatic rings. The Bertz CT molecular complexity index is 983. The summed E-state index contributed by atoms with van der Waals surface area (Å²) < 4.78 is 10.1. The molecule has 0 aromatic heterocycles. The number of rotatable bonds is 10. The maximum Gasteiger partial charge on any atom is 0.408 e. The second-order valence-electron chi connectivity index (χ2n) is 8.05. The van der Waals surface area contributed by atoms with Gasteiger partial charge in [0.25, 0.3) is 0 Å². The molecule has 0 aliphatic carbocycles. The molecule has 9 heteroatoms. The Morgan fingerprint density at radius 2 is 1.62 bits per heavy atom. The highest BCUT2D eigenvalue weighted by molar-refractivity contribution is 5.90. The zero-order valence-electron chi connectivity index (χ0n) is 19.0. The Labute approximate surface area is 198 Å². The molecule has 1 fully saturated rings. The minimum Gasteiger partial charge on any atom is -0.467 e. The zero-order chi connectivity index (χ0) is 24.3. The van der Waals surface area contributed by atoms with E-state index < -0.39 is 36.0 Å². The van der Waals surface area contributed by atoms with E-state index in [1.807, 2.05) is 60.7 Å². The molecular weight excluding hydrogens is 438 g/mol. The van der Waals surface area contributed by atoms with Crippen LogP contribution in [0, 0.1) is 5.92 Å². The van der Waals surface area contributed by atoms with Gasteiger partial charge in [-0.25, -0.2) is 9.59 Å². The van der Waals surface area contributed by atoms with Crippen LogP contribution in [0.4, 0.5) is 4.79 Å². The average molecular weight is 468 g/mol. The summed E-state index contributed by atoms with van der Waals surface area (Å²) in [7, 11) is 1.22. The SMILES string of the molecule is COC(=O)[C@H](CC1CCNC1=O)NC(=O)[C@H](Cc1ccccc1)NC(=O)OCc1ccccc1. The molecule has 0 bridgehead atoms. The van der Waals surface area contributed by atoms with Gasteiger partial charge in [0, 0.05) is 18.9 Å². The van der Waals surface area contributed by atoms with Crippen LogP contribution in [0.1, 0.15) is 24.0 Å². The number of hydrogen-bond acceptors (Lipinski definition) is 6. The minimum absolute atomic E-state index is 0.0495. The van der Waals surface area contributed by atoms with E-state index in [4.69, 9.17) is 9.47 Å². The summed E-state index contributed by atoms with van der Waals surface area (Å²) in [4.78, 5) is 49.9. The molecule has 1 saturated heterocycles. The summed E-state index contributed by atoms with van der Waals surface area (Å²) in [5.41, 5.74) is 1.62. The first-order valence-corrected chi connectivity index (χ1v) is 11.1. The van der Waals surface area contributed by atoms with E-state index >= 15 is 0 Å². The van der Waals surface area contributed by atoms with Crippen LogP contribution < -0.4 is 16.0 Å². The molecule has 3 atom stereocenters. The van der Waals surface area contributed by atoms with Gasteiger partial charge in [0.1, 0.15) is 18.7 Å². The summed E-state index contributed by atoms with van der Waals surface area (Å²) >= 11 is 0. The quantitative estimate of drug-likeness (QED) is 0.457. The minimum atomic E-state index is -1.02. The lowest BCUT2D eigenvalue weighted by atomic mass is 9.97. The Hall–Kier alpha value is -3.88. The zero-order valence-corrected chi connectivity index (χ0v) is 19.0. The molecule has 1 unspecified atom stereocenters. The lowest BCUT2D eigenvalue weighted by Crippen LogP contribution is -2.53. The molecule has 1 heterocycles. The van der Waals surface area contributed by atoms with E-state index in [1.54, 1.807) is 0 Å². The molecule has 0 spiro atoms. The van der Waals surface area contributed by atoms with Gasteiger partial charge in [-0.05, 0) is 24.0 Å². The number of ether oxygens (including phenoxy) is 2. The first-order chi connectivity index (χ1) is 16.5. The number of nitrogens with one attached hydrogen (secondary N) is 3. The lowest BCUT2D eigenvalue weighted by molar-refractivity contribution is -0.146. The highest BCUT2D eigenvalue weighted by atomic mass is 16.5. The molecule has 34 heavy (non-hydrogen) atoms. The van der Waals surface area contributed by atoms with Crippen LogP contribution in [-0.2, 0) is 36.9 Å². The Balaban J connectivity index is 1.68.